The summed E-state index contributed by atoms with van der Waals surface area (Å²) < 4.78 is 0.876. The first kappa shape index (κ1) is 19.2. The first-order valence-electron chi connectivity index (χ1n) is 8.47. The summed E-state index contributed by atoms with van der Waals surface area (Å²) >= 11 is 2.12. The van der Waals surface area contributed by atoms with E-state index < -0.39 is 0 Å². The minimum absolute atomic E-state index is 0.0105. The Morgan fingerprint density at radius 3 is 2.50 bits per heavy atom. The van der Waals surface area contributed by atoms with Crippen molar-refractivity contribution in [2.24, 2.45) is 11.8 Å². The van der Waals surface area contributed by atoms with E-state index in [1.165, 1.54) is 6.42 Å². The molecule has 1 aromatic carbocycles. The zero-order chi connectivity index (χ0) is 17.5. The summed E-state index contributed by atoms with van der Waals surface area (Å²) in [5.74, 6) is 1.08. The largest absolute Gasteiger partial charge is 0.353 e. The Balaban J connectivity index is 1.67. The molecule has 2 rings (SSSR count). The second-order valence-electron chi connectivity index (χ2n) is 6.72. The van der Waals surface area contributed by atoms with Gasteiger partial charge in [0.25, 0.3) is 5.91 Å². The van der Waals surface area contributed by atoms with Crippen LogP contribution in [0.2, 0.25) is 0 Å². The molecule has 1 heterocycles. The Labute approximate surface area is 157 Å². The van der Waals surface area contributed by atoms with Crippen molar-refractivity contribution in [3.05, 3.63) is 33.4 Å². The monoisotopic (exact) mass is 443 g/mol. The average molecular weight is 443 g/mol. The summed E-state index contributed by atoms with van der Waals surface area (Å²) in [5, 5.41) is 5.56. The fourth-order valence-corrected chi connectivity index (χ4v) is 3.92. The normalized spacial score (nSPS) is 21.3. The Bertz CT molecular complexity index is 569. The molecule has 1 aliphatic heterocycles. The number of likely N-dealkylation sites (tertiary alicyclic amines) is 1. The van der Waals surface area contributed by atoms with Gasteiger partial charge in [0.2, 0.25) is 5.91 Å². The quantitative estimate of drug-likeness (QED) is 0.663. The Hall–Kier alpha value is -1.15. The molecule has 1 aromatic rings. The molecule has 0 aliphatic carbocycles. The number of hydrogen-bond donors (Lipinski definition) is 2. The number of nitrogens with zero attached hydrogens (tertiary/aromatic N) is 1. The predicted molar refractivity (Wildman–Crippen MR) is 104 cm³/mol. The third-order valence-electron chi connectivity index (χ3n) is 4.22. The SMILES string of the molecule is CC1CC(C)CN(CCNC(=O)CNC(=O)c2ccccc2I)C1. The van der Waals surface area contributed by atoms with Crippen LogP contribution in [-0.2, 0) is 4.79 Å². The molecule has 0 spiro atoms. The van der Waals surface area contributed by atoms with Gasteiger partial charge in [0, 0.05) is 29.7 Å². The molecule has 0 saturated carbocycles. The van der Waals surface area contributed by atoms with Crippen LogP contribution in [0.25, 0.3) is 0 Å². The summed E-state index contributed by atoms with van der Waals surface area (Å²) in [6.45, 7) is 8.26. The fraction of sp³-hybridized carbons (Fsp3) is 0.556. The number of benzene rings is 1. The second-order valence-corrected chi connectivity index (χ2v) is 7.88. The van der Waals surface area contributed by atoms with Crippen molar-refractivity contribution in [2.75, 3.05) is 32.7 Å². The Morgan fingerprint density at radius 2 is 1.83 bits per heavy atom. The number of carbonyl (C=O) groups excluding carboxylic acids is 2. The van der Waals surface area contributed by atoms with Gasteiger partial charge in [-0.1, -0.05) is 26.0 Å². The number of carbonyl (C=O) groups is 2. The summed E-state index contributed by atoms with van der Waals surface area (Å²) in [6.07, 6.45) is 1.28. The van der Waals surface area contributed by atoms with Crippen LogP contribution in [0.15, 0.2) is 24.3 Å². The fourth-order valence-electron chi connectivity index (χ4n) is 3.29. The van der Waals surface area contributed by atoms with E-state index >= 15 is 0 Å². The number of piperidine rings is 1. The maximum atomic E-state index is 12.1. The highest BCUT2D eigenvalue weighted by Crippen LogP contribution is 2.20. The van der Waals surface area contributed by atoms with Gasteiger partial charge in [0.1, 0.15) is 0 Å². The van der Waals surface area contributed by atoms with Crippen LogP contribution in [0.3, 0.4) is 0 Å². The van der Waals surface area contributed by atoms with Gasteiger partial charge < -0.3 is 15.5 Å². The Morgan fingerprint density at radius 1 is 1.17 bits per heavy atom. The molecule has 0 bridgehead atoms. The lowest BCUT2D eigenvalue weighted by atomic mass is 9.92. The molecule has 0 radical (unpaired) electrons. The van der Waals surface area contributed by atoms with Crippen LogP contribution in [0.5, 0.6) is 0 Å². The second kappa shape index (κ2) is 9.36. The zero-order valence-corrected chi connectivity index (χ0v) is 16.5. The number of amides is 2. The van der Waals surface area contributed by atoms with Crippen molar-refractivity contribution in [3.63, 3.8) is 0 Å². The third kappa shape index (κ3) is 6.05. The van der Waals surface area contributed by atoms with E-state index in [4.69, 9.17) is 0 Å². The van der Waals surface area contributed by atoms with Crippen LogP contribution in [0.1, 0.15) is 30.6 Å². The van der Waals surface area contributed by atoms with Gasteiger partial charge >= 0.3 is 0 Å². The molecule has 1 fully saturated rings. The van der Waals surface area contributed by atoms with E-state index in [-0.39, 0.29) is 18.4 Å². The third-order valence-corrected chi connectivity index (χ3v) is 5.16. The number of hydrogen-bond acceptors (Lipinski definition) is 3. The van der Waals surface area contributed by atoms with Crippen LogP contribution >= 0.6 is 22.6 Å². The van der Waals surface area contributed by atoms with Gasteiger partial charge in [-0.3, -0.25) is 9.59 Å². The minimum atomic E-state index is -0.214. The van der Waals surface area contributed by atoms with Crippen LogP contribution in [0.4, 0.5) is 0 Å². The summed E-state index contributed by atoms with van der Waals surface area (Å²) in [7, 11) is 0. The van der Waals surface area contributed by atoms with Crippen molar-refractivity contribution < 1.29 is 9.59 Å². The molecule has 2 amide bonds. The maximum absolute atomic E-state index is 12.1. The van der Waals surface area contributed by atoms with Crippen molar-refractivity contribution in [3.8, 4) is 0 Å². The van der Waals surface area contributed by atoms with Gasteiger partial charge in [-0.2, -0.15) is 0 Å². The van der Waals surface area contributed by atoms with Gasteiger partial charge in [0.15, 0.2) is 0 Å². The van der Waals surface area contributed by atoms with Crippen LogP contribution < -0.4 is 10.6 Å². The van der Waals surface area contributed by atoms with Crippen LogP contribution in [-0.4, -0.2) is 49.4 Å². The highest BCUT2D eigenvalue weighted by atomic mass is 127. The molecule has 0 aromatic heterocycles. The summed E-state index contributed by atoms with van der Waals surface area (Å²) in [5.41, 5.74) is 0.599. The molecule has 2 unspecified atom stereocenters. The van der Waals surface area contributed by atoms with E-state index in [0.29, 0.717) is 12.1 Å². The van der Waals surface area contributed by atoms with Crippen LogP contribution in [0, 0.1) is 15.4 Å². The molecule has 24 heavy (non-hydrogen) atoms. The average Bonchev–Trinajstić information content (AvgIpc) is 2.52. The Kier molecular flexibility index (Phi) is 7.48. The van der Waals surface area contributed by atoms with Gasteiger partial charge in [-0.25, -0.2) is 0 Å². The van der Waals surface area contributed by atoms with Crippen molar-refractivity contribution in [2.45, 2.75) is 20.3 Å². The van der Waals surface area contributed by atoms with Crippen molar-refractivity contribution in [1.29, 1.82) is 0 Å². The molecule has 1 saturated heterocycles. The van der Waals surface area contributed by atoms with Gasteiger partial charge in [-0.15, -0.1) is 0 Å². The standard InChI is InChI=1S/C18H26IN3O2/c1-13-9-14(2)12-22(11-13)8-7-20-17(23)10-21-18(24)15-5-3-4-6-16(15)19/h3-6,13-14H,7-12H2,1-2H3,(H,20,23)(H,21,24). The molecular weight excluding hydrogens is 417 g/mol. The molecule has 132 valence electrons. The number of nitrogens with one attached hydrogen (secondary N) is 2. The number of rotatable bonds is 6. The predicted octanol–water partition coefficient (Wildman–Crippen LogP) is 2.12. The maximum Gasteiger partial charge on any atom is 0.252 e. The summed E-state index contributed by atoms with van der Waals surface area (Å²) in [4.78, 5) is 26.4. The van der Waals surface area contributed by atoms with E-state index in [1.54, 1.807) is 6.07 Å². The molecule has 6 heteroatoms. The lowest BCUT2D eigenvalue weighted by molar-refractivity contribution is -0.120. The highest BCUT2D eigenvalue weighted by Gasteiger charge is 2.21. The molecule has 2 atom stereocenters. The van der Waals surface area contributed by atoms with Gasteiger partial charge in [0.05, 0.1) is 12.1 Å². The summed E-state index contributed by atoms with van der Waals surface area (Å²) in [6, 6.07) is 7.33. The lowest BCUT2D eigenvalue weighted by Crippen LogP contribution is -2.44. The molecule has 1 aliphatic rings. The van der Waals surface area contributed by atoms with Crippen molar-refractivity contribution >= 4 is 34.4 Å². The first-order valence-corrected chi connectivity index (χ1v) is 9.55. The molecule has 2 N–H and O–H groups in total. The van der Waals surface area contributed by atoms with E-state index in [2.05, 4.69) is 52.0 Å². The minimum Gasteiger partial charge on any atom is -0.353 e. The van der Waals surface area contributed by atoms with E-state index in [0.717, 1.165) is 35.0 Å². The zero-order valence-electron chi connectivity index (χ0n) is 14.3. The first-order chi connectivity index (χ1) is 11.5. The number of halogens is 1. The molecule has 5 nitrogen and oxygen atoms in total. The van der Waals surface area contributed by atoms with Gasteiger partial charge in [-0.05, 0) is 53.0 Å². The van der Waals surface area contributed by atoms with Crippen molar-refractivity contribution in [1.82, 2.24) is 15.5 Å². The smallest absolute Gasteiger partial charge is 0.252 e. The van der Waals surface area contributed by atoms with E-state index in [1.807, 2.05) is 18.2 Å². The topological polar surface area (TPSA) is 61.4 Å². The highest BCUT2D eigenvalue weighted by molar-refractivity contribution is 14.1. The molecular formula is C18H26IN3O2. The van der Waals surface area contributed by atoms with E-state index in [9.17, 15) is 9.59 Å². The lowest BCUT2D eigenvalue weighted by Gasteiger charge is -2.34.